The van der Waals surface area contributed by atoms with Gasteiger partial charge in [0, 0.05) is 41.4 Å². The summed E-state index contributed by atoms with van der Waals surface area (Å²) in [6.45, 7) is 2.65. The molecule has 3 heterocycles. The zero-order valence-electron chi connectivity index (χ0n) is 19.9. The standard InChI is InChI=1S/C30H27Cl2FN2O/c31-23-14-22(15-24(32)17-23)29-27-6-1-2-7-28(27)30(36-29)10-12-35(13-11-30)19-26-9-8-21(18-34-26)20-4-3-5-25(33)16-20/h3-9,14-18,29H,1-2,10-13,19H2. The molecule has 2 saturated heterocycles. The van der Waals surface area contributed by atoms with Gasteiger partial charge in [0.1, 0.15) is 11.9 Å². The maximum Gasteiger partial charge on any atom is 0.123 e. The summed E-state index contributed by atoms with van der Waals surface area (Å²) in [6, 6.07) is 16.4. The second-order valence-corrected chi connectivity index (χ2v) is 10.7. The van der Waals surface area contributed by atoms with E-state index < -0.39 is 0 Å². The predicted molar refractivity (Wildman–Crippen MR) is 143 cm³/mol. The first-order chi connectivity index (χ1) is 17.5. The average Bonchev–Trinajstić information content (AvgIpc) is 3.20. The van der Waals surface area contributed by atoms with Gasteiger partial charge in [0.15, 0.2) is 0 Å². The Labute approximate surface area is 221 Å². The van der Waals surface area contributed by atoms with E-state index in [1.54, 1.807) is 12.1 Å². The number of benzene rings is 2. The van der Waals surface area contributed by atoms with Gasteiger partial charge in [-0.15, -0.1) is 0 Å². The number of allylic oxidation sites excluding steroid dienone is 2. The average molecular weight is 521 g/mol. The lowest BCUT2D eigenvalue weighted by atomic mass is 9.79. The SMILES string of the molecule is Fc1cccc(-c2ccc(CN3CCC4(CC3)OC(c3cc(Cl)cc(Cl)c3)C3=CCCC=C34)nc2)c1. The number of halogens is 3. The minimum atomic E-state index is -0.267. The van der Waals surface area contributed by atoms with Crippen LogP contribution in [-0.2, 0) is 11.3 Å². The first kappa shape index (κ1) is 23.9. The molecule has 1 spiro atoms. The third-order valence-electron chi connectivity index (χ3n) is 7.53. The maximum atomic E-state index is 13.6. The normalized spacial score (nSPS) is 21.2. The fourth-order valence-corrected chi connectivity index (χ4v) is 6.31. The molecule has 0 bridgehead atoms. The van der Waals surface area contributed by atoms with E-state index in [1.165, 1.54) is 23.3 Å². The molecule has 1 unspecified atom stereocenters. The van der Waals surface area contributed by atoms with Crippen molar-refractivity contribution >= 4 is 23.2 Å². The highest BCUT2D eigenvalue weighted by Gasteiger charge is 2.49. The van der Waals surface area contributed by atoms with Crippen molar-refractivity contribution in [3.05, 3.63) is 111 Å². The summed E-state index contributed by atoms with van der Waals surface area (Å²) in [5.74, 6) is -0.236. The monoisotopic (exact) mass is 520 g/mol. The first-order valence-corrected chi connectivity index (χ1v) is 13.2. The fourth-order valence-electron chi connectivity index (χ4n) is 5.76. The number of likely N-dealkylation sites (tertiary alicyclic amines) is 1. The molecule has 184 valence electrons. The molecule has 0 radical (unpaired) electrons. The summed E-state index contributed by atoms with van der Waals surface area (Å²) in [7, 11) is 0. The molecule has 1 aromatic heterocycles. The van der Waals surface area contributed by atoms with Crippen LogP contribution in [0.2, 0.25) is 10.0 Å². The van der Waals surface area contributed by atoms with E-state index in [2.05, 4.69) is 22.0 Å². The summed E-state index contributed by atoms with van der Waals surface area (Å²) in [6.07, 6.45) is 10.4. The highest BCUT2D eigenvalue weighted by Crippen LogP contribution is 2.54. The number of nitrogens with zero attached hydrogens (tertiary/aromatic N) is 2. The molecule has 2 fully saturated rings. The second-order valence-electron chi connectivity index (χ2n) is 9.87. The largest absolute Gasteiger partial charge is 0.358 e. The first-order valence-electron chi connectivity index (χ1n) is 12.5. The molecular formula is C30H27Cl2FN2O. The topological polar surface area (TPSA) is 25.4 Å². The fraction of sp³-hybridized carbons (Fsp3) is 0.300. The van der Waals surface area contributed by atoms with Crippen molar-refractivity contribution < 1.29 is 9.13 Å². The Kier molecular flexibility index (Phi) is 6.47. The Morgan fingerprint density at radius 2 is 1.72 bits per heavy atom. The molecule has 2 aromatic carbocycles. The summed E-state index contributed by atoms with van der Waals surface area (Å²) in [4.78, 5) is 7.10. The van der Waals surface area contributed by atoms with Crippen LogP contribution >= 0.6 is 23.2 Å². The van der Waals surface area contributed by atoms with Crippen molar-refractivity contribution in [3.63, 3.8) is 0 Å². The summed E-state index contributed by atoms with van der Waals surface area (Å²) in [5, 5.41) is 1.27. The molecular weight excluding hydrogens is 494 g/mol. The Hall–Kier alpha value is -2.50. The van der Waals surface area contributed by atoms with Crippen LogP contribution in [0.4, 0.5) is 4.39 Å². The van der Waals surface area contributed by atoms with E-state index in [-0.39, 0.29) is 17.5 Å². The molecule has 0 N–H and O–H groups in total. The van der Waals surface area contributed by atoms with Gasteiger partial charge in [-0.05, 0) is 84.4 Å². The van der Waals surface area contributed by atoms with Crippen LogP contribution in [0.15, 0.2) is 84.1 Å². The van der Waals surface area contributed by atoms with E-state index in [1.807, 2.05) is 36.5 Å². The highest BCUT2D eigenvalue weighted by molar-refractivity contribution is 6.34. The summed E-state index contributed by atoms with van der Waals surface area (Å²) < 4.78 is 20.4. The number of pyridine rings is 1. The number of rotatable bonds is 4. The number of hydrogen-bond donors (Lipinski definition) is 0. The molecule has 0 saturated carbocycles. The predicted octanol–water partition coefficient (Wildman–Crippen LogP) is 7.95. The van der Waals surface area contributed by atoms with Crippen LogP contribution in [0.1, 0.15) is 43.0 Å². The molecule has 0 amide bonds. The lowest BCUT2D eigenvalue weighted by Crippen LogP contribution is -2.44. The van der Waals surface area contributed by atoms with Gasteiger partial charge in [0.2, 0.25) is 0 Å². The molecule has 36 heavy (non-hydrogen) atoms. The van der Waals surface area contributed by atoms with E-state index in [9.17, 15) is 4.39 Å². The van der Waals surface area contributed by atoms with Crippen molar-refractivity contribution in [1.29, 1.82) is 0 Å². The lowest BCUT2D eigenvalue weighted by molar-refractivity contribution is -0.0613. The van der Waals surface area contributed by atoms with Gasteiger partial charge in [-0.25, -0.2) is 4.39 Å². The molecule has 3 nitrogen and oxygen atoms in total. The zero-order valence-corrected chi connectivity index (χ0v) is 21.4. The van der Waals surface area contributed by atoms with Crippen molar-refractivity contribution in [2.24, 2.45) is 0 Å². The van der Waals surface area contributed by atoms with E-state index >= 15 is 0 Å². The Morgan fingerprint density at radius 3 is 2.44 bits per heavy atom. The van der Waals surface area contributed by atoms with Gasteiger partial charge in [-0.2, -0.15) is 0 Å². The maximum absolute atomic E-state index is 13.6. The number of ether oxygens (including phenoxy) is 1. The Bertz CT molecular complexity index is 1320. The van der Waals surface area contributed by atoms with Crippen molar-refractivity contribution in [2.45, 2.75) is 43.9 Å². The minimum absolute atomic E-state index is 0.128. The number of fused-ring (bicyclic) bond motifs is 2. The zero-order chi connectivity index (χ0) is 24.7. The molecule has 2 aliphatic heterocycles. The quantitative estimate of drug-likeness (QED) is 0.349. The Morgan fingerprint density at radius 1 is 0.944 bits per heavy atom. The number of aromatic nitrogens is 1. The molecule has 6 rings (SSSR count). The van der Waals surface area contributed by atoms with Crippen molar-refractivity contribution in [1.82, 2.24) is 9.88 Å². The molecule has 3 aromatic rings. The second kappa shape index (κ2) is 9.75. The van der Waals surface area contributed by atoms with Gasteiger partial charge < -0.3 is 4.74 Å². The van der Waals surface area contributed by atoms with Gasteiger partial charge in [-0.1, -0.05) is 53.6 Å². The lowest BCUT2D eigenvalue weighted by Gasteiger charge is -2.40. The van der Waals surface area contributed by atoms with Crippen molar-refractivity contribution in [2.75, 3.05) is 13.1 Å². The van der Waals surface area contributed by atoms with Crippen LogP contribution in [-0.4, -0.2) is 28.6 Å². The number of piperidine rings is 1. The molecule has 3 aliphatic rings. The van der Waals surface area contributed by atoms with E-state index in [0.717, 1.165) is 67.7 Å². The number of hydrogen-bond acceptors (Lipinski definition) is 3. The van der Waals surface area contributed by atoms with E-state index in [0.29, 0.717) is 10.0 Å². The molecule has 1 aliphatic carbocycles. The van der Waals surface area contributed by atoms with Gasteiger partial charge >= 0.3 is 0 Å². The van der Waals surface area contributed by atoms with Crippen molar-refractivity contribution in [3.8, 4) is 11.1 Å². The smallest absolute Gasteiger partial charge is 0.123 e. The van der Waals surface area contributed by atoms with Gasteiger partial charge in [0.25, 0.3) is 0 Å². The minimum Gasteiger partial charge on any atom is -0.358 e. The van der Waals surface area contributed by atoms with Crippen LogP contribution in [0.3, 0.4) is 0 Å². The summed E-state index contributed by atoms with van der Waals surface area (Å²) >= 11 is 12.7. The highest BCUT2D eigenvalue weighted by atomic mass is 35.5. The van der Waals surface area contributed by atoms with Gasteiger partial charge in [-0.3, -0.25) is 9.88 Å². The van der Waals surface area contributed by atoms with Crippen LogP contribution < -0.4 is 0 Å². The molecule has 6 heteroatoms. The third kappa shape index (κ3) is 4.64. The van der Waals surface area contributed by atoms with Crippen LogP contribution in [0.5, 0.6) is 0 Å². The van der Waals surface area contributed by atoms with E-state index in [4.69, 9.17) is 27.9 Å². The third-order valence-corrected chi connectivity index (χ3v) is 7.96. The van der Waals surface area contributed by atoms with Crippen LogP contribution in [0.25, 0.3) is 11.1 Å². The summed E-state index contributed by atoms with van der Waals surface area (Å²) in [5.41, 5.74) is 6.17. The van der Waals surface area contributed by atoms with Gasteiger partial charge in [0.05, 0.1) is 11.3 Å². The Balaban J connectivity index is 1.16. The van der Waals surface area contributed by atoms with Crippen LogP contribution in [0, 0.1) is 5.82 Å². The molecule has 1 atom stereocenters.